The summed E-state index contributed by atoms with van der Waals surface area (Å²) in [4.78, 5) is 0. The van der Waals surface area contributed by atoms with Crippen molar-refractivity contribution in [2.75, 3.05) is 12.1 Å². The zero-order chi connectivity index (χ0) is 14.1. The van der Waals surface area contributed by atoms with Crippen LogP contribution in [0.3, 0.4) is 0 Å². The smallest absolute Gasteiger partial charge is 0.231 e. The zero-order valence-electron chi connectivity index (χ0n) is 10.9. The molecule has 0 aromatic heterocycles. The second-order valence-electron chi connectivity index (χ2n) is 4.67. The van der Waals surface area contributed by atoms with Gasteiger partial charge in [0.05, 0.1) is 5.02 Å². The van der Waals surface area contributed by atoms with Gasteiger partial charge >= 0.3 is 0 Å². The van der Waals surface area contributed by atoms with Crippen molar-refractivity contribution in [3.05, 3.63) is 46.5 Å². The molecule has 3 rings (SSSR count). The molecular formula is C15H14ClNO3. The standard InChI is InChI=1S/C15H14ClNO3/c1-9-2-3-11(6-13(9)18)17-7-10-4-12(16)15-14(5-10)19-8-20-15/h2-6,17-18H,7-8H2,1H3. The zero-order valence-corrected chi connectivity index (χ0v) is 11.7. The number of anilines is 1. The number of ether oxygens (including phenoxy) is 2. The van der Waals surface area contributed by atoms with Crippen molar-refractivity contribution in [1.29, 1.82) is 0 Å². The van der Waals surface area contributed by atoms with Gasteiger partial charge in [0, 0.05) is 18.3 Å². The Morgan fingerprint density at radius 1 is 1.25 bits per heavy atom. The van der Waals surface area contributed by atoms with Crippen molar-refractivity contribution < 1.29 is 14.6 Å². The molecule has 0 fully saturated rings. The molecule has 0 unspecified atom stereocenters. The van der Waals surface area contributed by atoms with Crippen LogP contribution in [0.5, 0.6) is 17.2 Å². The van der Waals surface area contributed by atoms with Gasteiger partial charge in [-0.25, -0.2) is 0 Å². The Balaban J connectivity index is 1.75. The molecule has 20 heavy (non-hydrogen) atoms. The van der Waals surface area contributed by atoms with E-state index in [9.17, 15) is 5.11 Å². The minimum Gasteiger partial charge on any atom is -0.508 e. The normalized spacial score (nSPS) is 12.5. The molecule has 1 aliphatic rings. The van der Waals surface area contributed by atoms with Crippen molar-refractivity contribution in [1.82, 2.24) is 0 Å². The van der Waals surface area contributed by atoms with E-state index in [0.717, 1.165) is 16.8 Å². The van der Waals surface area contributed by atoms with Gasteiger partial charge in [0.2, 0.25) is 6.79 Å². The van der Waals surface area contributed by atoms with E-state index in [2.05, 4.69) is 5.32 Å². The highest BCUT2D eigenvalue weighted by Gasteiger charge is 2.18. The molecule has 0 bridgehead atoms. The summed E-state index contributed by atoms with van der Waals surface area (Å²) in [6, 6.07) is 9.23. The lowest BCUT2D eigenvalue weighted by atomic mass is 10.1. The number of nitrogens with one attached hydrogen (secondary N) is 1. The predicted octanol–water partition coefficient (Wildman–Crippen LogP) is 3.69. The minimum atomic E-state index is 0.206. The molecule has 5 heteroatoms. The van der Waals surface area contributed by atoms with Crippen LogP contribution >= 0.6 is 11.6 Å². The molecule has 1 aliphatic heterocycles. The topological polar surface area (TPSA) is 50.7 Å². The molecule has 1 heterocycles. The Morgan fingerprint density at radius 2 is 2.10 bits per heavy atom. The van der Waals surface area contributed by atoms with Crippen molar-refractivity contribution in [3.63, 3.8) is 0 Å². The van der Waals surface area contributed by atoms with E-state index in [-0.39, 0.29) is 12.5 Å². The third-order valence-corrected chi connectivity index (χ3v) is 3.47. The largest absolute Gasteiger partial charge is 0.508 e. The van der Waals surface area contributed by atoms with Gasteiger partial charge in [-0.3, -0.25) is 0 Å². The molecule has 0 saturated heterocycles. The van der Waals surface area contributed by atoms with Crippen LogP contribution in [0, 0.1) is 6.92 Å². The number of aryl methyl sites for hydroxylation is 1. The predicted molar refractivity (Wildman–Crippen MR) is 77.7 cm³/mol. The van der Waals surface area contributed by atoms with Gasteiger partial charge in [-0.05, 0) is 36.2 Å². The Hall–Kier alpha value is -2.07. The fourth-order valence-electron chi connectivity index (χ4n) is 2.05. The number of rotatable bonds is 3. The molecule has 4 nitrogen and oxygen atoms in total. The summed E-state index contributed by atoms with van der Waals surface area (Å²) >= 11 is 6.13. The van der Waals surface area contributed by atoms with Crippen LogP contribution in [0.2, 0.25) is 5.02 Å². The highest BCUT2D eigenvalue weighted by molar-refractivity contribution is 6.32. The first-order valence-electron chi connectivity index (χ1n) is 6.25. The lowest BCUT2D eigenvalue weighted by Gasteiger charge is -2.09. The average Bonchev–Trinajstić information content (AvgIpc) is 2.89. The number of phenols is 1. The van der Waals surface area contributed by atoms with Gasteiger partial charge in [-0.1, -0.05) is 17.7 Å². The average molecular weight is 292 g/mol. The van der Waals surface area contributed by atoms with Crippen molar-refractivity contribution in [2.24, 2.45) is 0 Å². The molecule has 2 N–H and O–H groups in total. The van der Waals surface area contributed by atoms with Gasteiger partial charge in [-0.2, -0.15) is 0 Å². The van der Waals surface area contributed by atoms with E-state index >= 15 is 0 Å². The number of hydrogen-bond donors (Lipinski definition) is 2. The van der Waals surface area contributed by atoms with Crippen LogP contribution in [0.25, 0.3) is 0 Å². The SMILES string of the molecule is Cc1ccc(NCc2cc(Cl)c3c(c2)OCO3)cc1O. The molecule has 2 aromatic rings. The molecule has 0 spiro atoms. The van der Waals surface area contributed by atoms with Crippen LogP contribution in [0.1, 0.15) is 11.1 Å². The van der Waals surface area contributed by atoms with Gasteiger partial charge < -0.3 is 19.9 Å². The van der Waals surface area contributed by atoms with Crippen molar-refractivity contribution >= 4 is 17.3 Å². The number of benzene rings is 2. The number of aromatic hydroxyl groups is 1. The molecular weight excluding hydrogens is 278 g/mol. The first kappa shape index (κ1) is 12.9. The number of hydrogen-bond acceptors (Lipinski definition) is 4. The highest BCUT2D eigenvalue weighted by atomic mass is 35.5. The summed E-state index contributed by atoms with van der Waals surface area (Å²) in [6.07, 6.45) is 0. The first-order chi connectivity index (χ1) is 9.63. The minimum absolute atomic E-state index is 0.206. The van der Waals surface area contributed by atoms with Crippen molar-refractivity contribution in [3.8, 4) is 17.2 Å². The van der Waals surface area contributed by atoms with E-state index < -0.39 is 0 Å². The lowest BCUT2D eigenvalue weighted by molar-refractivity contribution is 0.174. The maximum atomic E-state index is 9.67. The van der Waals surface area contributed by atoms with E-state index in [1.807, 2.05) is 31.2 Å². The Bertz CT molecular complexity index is 658. The molecule has 0 saturated carbocycles. The third kappa shape index (κ3) is 2.47. The van der Waals surface area contributed by atoms with E-state index in [0.29, 0.717) is 23.1 Å². The number of fused-ring (bicyclic) bond motifs is 1. The quantitative estimate of drug-likeness (QED) is 0.905. The van der Waals surface area contributed by atoms with Gasteiger partial charge in [0.15, 0.2) is 11.5 Å². The highest BCUT2D eigenvalue weighted by Crippen LogP contribution is 2.39. The first-order valence-corrected chi connectivity index (χ1v) is 6.63. The Morgan fingerprint density at radius 3 is 2.90 bits per heavy atom. The van der Waals surface area contributed by atoms with Gasteiger partial charge in [-0.15, -0.1) is 0 Å². The van der Waals surface area contributed by atoms with Crippen LogP contribution < -0.4 is 14.8 Å². The number of halogens is 1. The fourth-order valence-corrected chi connectivity index (χ4v) is 2.33. The van der Waals surface area contributed by atoms with Gasteiger partial charge in [0.25, 0.3) is 0 Å². The van der Waals surface area contributed by atoms with Crippen LogP contribution in [-0.2, 0) is 6.54 Å². The molecule has 0 atom stereocenters. The summed E-state index contributed by atoms with van der Waals surface area (Å²) in [7, 11) is 0. The third-order valence-electron chi connectivity index (χ3n) is 3.19. The Labute approximate surface area is 121 Å². The molecule has 0 amide bonds. The van der Waals surface area contributed by atoms with Crippen molar-refractivity contribution in [2.45, 2.75) is 13.5 Å². The van der Waals surface area contributed by atoms with E-state index in [1.165, 1.54) is 0 Å². The van der Waals surface area contributed by atoms with Gasteiger partial charge in [0.1, 0.15) is 5.75 Å². The van der Waals surface area contributed by atoms with Crippen LogP contribution in [0.15, 0.2) is 30.3 Å². The van der Waals surface area contributed by atoms with E-state index in [4.69, 9.17) is 21.1 Å². The maximum Gasteiger partial charge on any atom is 0.231 e. The van der Waals surface area contributed by atoms with E-state index in [1.54, 1.807) is 6.07 Å². The van der Waals surface area contributed by atoms with Crippen LogP contribution in [0.4, 0.5) is 5.69 Å². The summed E-state index contributed by atoms with van der Waals surface area (Å²) < 4.78 is 10.6. The molecule has 0 aliphatic carbocycles. The fraction of sp³-hybridized carbons (Fsp3) is 0.200. The monoisotopic (exact) mass is 291 g/mol. The molecule has 2 aromatic carbocycles. The summed E-state index contributed by atoms with van der Waals surface area (Å²) in [6.45, 7) is 2.65. The maximum absolute atomic E-state index is 9.67. The second kappa shape index (κ2) is 5.13. The molecule has 104 valence electrons. The summed E-state index contributed by atoms with van der Waals surface area (Å²) in [5.41, 5.74) is 2.68. The number of phenolic OH excluding ortho intramolecular Hbond substituents is 1. The lowest BCUT2D eigenvalue weighted by Crippen LogP contribution is -1.99. The van der Waals surface area contributed by atoms with Crippen LogP contribution in [-0.4, -0.2) is 11.9 Å². The Kier molecular flexibility index (Phi) is 3.32. The second-order valence-corrected chi connectivity index (χ2v) is 5.07. The summed E-state index contributed by atoms with van der Waals surface area (Å²) in [5, 5.41) is 13.4. The summed E-state index contributed by atoms with van der Waals surface area (Å²) in [5.74, 6) is 1.54. The molecule has 0 radical (unpaired) electrons.